The number of carbonyl (C=O) groups is 1. The van der Waals surface area contributed by atoms with Crippen LogP contribution >= 0.6 is 0 Å². The number of nitrogens with two attached hydrogens (primary N) is 1. The number of rotatable bonds is 7. The molecule has 0 aliphatic rings. The van der Waals surface area contributed by atoms with Gasteiger partial charge in [0.15, 0.2) is 0 Å². The molecule has 3 N–H and O–H groups in total. The van der Waals surface area contributed by atoms with Gasteiger partial charge in [0.05, 0.1) is 5.54 Å². The lowest BCUT2D eigenvalue weighted by Crippen LogP contribution is -2.50. The number of hydrogen-bond donors (Lipinski definition) is 2. The monoisotopic (exact) mass is 291 g/mol. The number of hydrogen-bond acceptors (Lipinski definition) is 3. The van der Waals surface area contributed by atoms with Crippen molar-refractivity contribution in [3.63, 3.8) is 0 Å². The van der Waals surface area contributed by atoms with E-state index < -0.39 is 5.54 Å². The molecule has 0 radical (unpaired) electrons. The Morgan fingerprint density at radius 1 is 1.19 bits per heavy atom. The Morgan fingerprint density at radius 3 is 2.10 bits per heavy atom. The number of amides is 1. The van der Waals surface area contributed by atoms with E-state index in [1.165, 1.54) is 0 Å². The van der Waals surface area contributed by atoms with Crippen LogP contribution in [0.1, 0.15) is 47.5 Å². The summed E-state index contributed by atoms with van der Waals surface area (Å²) in [6, 6.07) is 8.39. The summed E-state index contributed by atoms with van der Waals surface area (Å²) in [6.45, 7) is 11.3. The van der Waals surface area contributed by atoms with E-state index in [0.29, 0.717) is 18.9 Å². The van der Waals surface area contributed by atoms with Crippen LogP contribution in [-0.2, 0) is 4.79 Å². The van der Waals surface area contributed by atoms with Gasteiger partial charge in [-0.25, -0.2) is 0 Å². The van der Waals surface area contributed by atoms with Gasteiger partial charge >= 0.3 is 0 Å². The fourth-order valence-corrected chi connectivity index (χ4v) is 2.41. The normalized spacial score (nSPS) is 11.6. The molecule has 0 fully saturated rings. The SMILES string of the molecule is CCN(c1ccc(NC(=O)C(N)(CC)CC)cc1)C(C)C. The number of carbonyl (C=O) groups excluding carboxylic acids is 1. The topological polar surface area (TPSA) is 58.4 Å². The lowest BCUT2D eigenvalue weighted by atomic mass is 9.93. The molecular weight excluding hydrogens is 262 g/mol. The standard InChI is InChI=1S/C17H29N3O/c1-6-17(18,7-2)16(21)19-14-9-11-15(12-10-14)20(8-3)13(4)5/h9-13H,6-8,18H2,1-5H3,(H,19,21). The molecule has 0 saturated carbocycles. The lowest BCUT2D eigenvalue weighted by molar-refractivity contribution is -0.121. The molecule has 1 amide bonds. The first-order valence-electron chi connectivity index (χ1n) is 7.85. The average molecular weight is 291 g/mol. The Kier molecular flexibility index (Phi) is 6.21. The summed E-state index contributed by atoms with van der Waals surface area (Å²) in [7, 11) is 0. The van der Waals surface area contributed by atoms with Crippen molar-refractivity contribution >= 4 is 17.3 Å². The van der Waals surface area contributed by atoms with Crippen molar-refractivity contribution in [1.29, 1.82) is 0 Å². The Bertz CT molecular complexity index is 450. The van der Waals surface area contributed by atoms with E-state index >= 15 is 0 Å². The highest BCUT2D eigenvalue weighted by Gasteiger charge is 2.29. The van der Waals surface area contributed by atoms with Gasteiger partial charge < -0.3 is 16.0 Å². The van der Waals surface area contributed by atoms with Gasteiger partial charge in [0.1, 0.15) is 0 Å². The number of nitrogens with zero attached hydrogens (tertiary/aromatic N) is 1. The highest BCUT2D eigenvalue weighted by atomic mass is 16.2. The second-order valence-electron chi connectivity index (χ2n) is 5.74. The molecule has 4 nitrogen and oxygen atoms in total. The van der Waals surface area contributed by atoms with Gasteiger partial charge in [0, 0.05) is 24.0 Å². The quantitative estimate of drug-likeness (QED) is 0.809. The van der Waals surface area contributed by atoms with Gasteiger partial charge in [-0.15, -0.1) is 0 Å². The minimum atomic E-state index is -0.786. The zero-order valence-corrected chi connectivity index (χ0v) is 13.9. The fraction of sp³-hybridized carbons (Fsp3) is 0.588. The summed E-state index contributed by atoms with van der Waals surface area (Å²) in [6.07, 6.45) is 1.26. The number of anilines is 2. The molecule has 0 aromatic heterocycles. The van der Waals surface area contributed by atoms with Crippen LogP contribution < -0.4 is 16.0 Å². The second-order valence-corrected chi connectivity index (χ2v) is 5.74. The van der Waals surface area contributed by atoms with E-state index in [0.717, 1.165) is 17.9 Å². The molecule has 0 heterocycles. The van der Waals surface area contributed by atoms with Crippen LogP contribution in [0, 0.1) is 0 Å². The Hall–Kier alpha value is -1.55. The molecule has 1 rings (SSSR count). The van der Waals surface area contributed by atoms with E-state index in [1.54, 1.807) is 0 Å². The van der Waals surface area contributed by atoms with Crippen LogP contribution in [0.4, 0.5) is 11.4 Å². The Morgan fingerprint density at radius 2 is 1.71 bits per heavy atom. The zero-order valence-electron chi connectivity index (χ0n) is 13.9. The molecule has 0 unspecified atom stereocenters. The molecule has 21 heavy (non-hydrogen) atoms. The largest absolute Gasteiger partial charge is 0.369 e. The molecule has 0 saturated heterocycles. The van der Waals surface area contributed by atoms with Crippen molar-refractivity contribution in [3.8, 4) is 0 Å². The van der Waals surface area contributed by atoms with E-state index in [2.05, 4.69) is 31.0 Å². The highest BCUT2D eigenvalue weighted by Crippen LogP contribution is 2.21. The van der Waals surface area contributed by atoms with Crippen molar-refractivity contribution in [2.75, 3.05) is 16.8 Å². The summed E-state index contributed by atoms with van der Waals surface area (Å²) in [5.74, 6) is -0.114. The minimum absolute atomic E-state index is 0.114. The van der Waals surface area contributed by atoms with Crippen LogP contribution in [0.3, 0.4) is 0 Å². The second kappa shape index (κ2) is 7.46. The van der Waals surface area contributed by atoms with Crippen molar-refractivity contribution in [1.82, 2.24) is 0 Å². The van der Waals surface area contributed by atoms with E-state index in [9.17, 15) is 4.79 Å². The third kappa shape index (κ3) is 4.21. The fourth-order valence-electron chi connectivity index (χ4n) is 2.41. The summed E-state index contributed by atoms with van der Waals surface area (Å²) in [5, 5.41) is 2.92. The van der Waals surface area contributed by atoms with Gasteiger partial charge in [-0.3, -0.25) is 4.79 Å². The predicted molar refractivity (Wildman–Crippen MR) is 90.7 cm³/mol. The van der Waals surface area contributed by atoms with Gasteiger partial charge in [-0.05, 0) is 57.9 Å². The van der Waals surface area contributed by atoms with Gasteiger partial charge in [0.25, 0.3) is 0 Å². The maximum absolute atomic E-state index is 12.2. The zero-order chi connectivity index (χ0) is 16.0. The van der Waals surface area contributed by atoms with Crippen LogP contribution in [0.25, 0.3) is 0 Å². The molecular formula is C17H29N3O. The third-order valence-corrected chi connectivity index (χ3v) is 4.13. The molecule has 1 aromatic carbocycles. The summed E-state index contributed by atoms with van der Waals surface area (Å²) >= 11 is 0. The molecule has 0 atom stereocenters. The minimum Gasteiger partial charge on any atom is -0.369 e. The van der Waals surface area contributed by atoms with Crippen LogP contribution in [0.15, 0.2) is 24.3 Å². The first-order chi connectivity index (χ1) is 9.87. The van der Waals surface area contributed by atoms with Gasteiger partial charge in [-0.2, -0.15) is 0 Å². The van der Waals surface area contributed by atoms with Crippen LogP contribution in [0.5, 0.6) is 0 Å². The first-order valence-corrected chi connectivity index (χ1v) is 7.85. The third-order valence-electron chi connectivity index (χ3n) is 4.13. The summed E-state index contributed by atoms with van der Waals surface area (Å²) in [5.41, 5.74) is 7.28. The van der Waals surface area contributed by atoms with Crippen molar-refractivity contribution in [2.24, 2.45) is 5.73 Å². The Labute approximate surface area is 128 Å². The van der Waals surface area contributed by atoms with E-state index in [-0.39, 0.29) is 5.91 Å². The average Bonchev–Trinajstić information content (AvgIpc) is 2.48. The van der Waals surface area contributed by atoms with Crippen molar-refractivity contribution < 1.29 is 4.79 Å². The molecule has 1 aromatic rings. The smallest absolute Gasteiger partial charge is 0.244 e. The summed E-state index contributed by atoms with van der Waals surface area (Å²) < 4.78 is 0. The van der Waals surface area contributed by atoms with E-state index in [1.807, 2.05) is 38.1 Å². The highest BCUT2D eigenvalue weighted by molar-refractivity contribution is 5.98. The lowest BCUT2D eigenvalue weighted by Gasteiger charge is -2.28. The molecule has 118 valence electrons. The predicted octanol–water partition coefficient (Wildman–Crippen LogP) is 3.38. The van der Waals surface area contributed by atoms with Gasteiger partial charge in [-0.1, -0.05) is 13.8 Å². The number of benzene rings is 1. The maximum Gasteiger partial charge on any atom is 0.244 e. The van der Waals surface area contributed by atoms with Crippen LogP contribution in [-0.4, -0.2) is 24.0 Å². The van der Waals surface area contributed by atoms with Gasteiger partial charge in [0.2, 0.25) is 5.91 Å². The molecule has 0 bridgehead atoms. The van der Waals surface area contributed by atoms with Crippen molar-refractivity contribution in [2.45, 2.75) is 59.0 Å². The molecule has 0 spiro atoms. The van der Waals surface area contributed by atoms with E-state index in [4.69, 9.17) is 5.73 Å². The summed E-state index contributed by atoms with van der Waals surface area (Å²) in [4.78, 5) is 14.5. The van der Waals surface area contributed by atoms with Crippen molar-refractivity contribution in [3.05, 3.63) is 24.3 Å². The van der Waals surface area contributed by atoms with Crippen LogP contribution in [0.2, 0.25) is 0 Å². The molecule has 0 aliphatic heterocycles. The molecule has 0 aliphatic carbocycles. The Balaban J connectivity index is 2.82. The maximum atomic E-state index is 12.2. The number of nitrogens with one attached hydrogen (secondary N) is 1. The molecule has 4 heteroatoms. The first kappa shape index (κ1) is 17.5.